The van der Waals surface area contributed by atoms with Gasteiger partial charge >= 0.3 is 0 Å². The Bertz CT molecular complexity index is 451. The first kappa shape index (κ1) is 9.84. The highest BCUT2D eigenvalue weighted by Crippen LogP contribution is 2.37. The van der Waals surface area contributed by atoms with Crippen molar-refractivity contribution in [2.24, 2.45) is 0 Å². The van der Waals surface area contributed by atoms with Crippen LogP contribution in [0.15, 0.2) is 29.6 Å². The topological polar surface area (TPSA) is 26.0 Å². The van der Waals surface area contributed by atoms with Crippen molar-refractivity contribution >= 4 is 40.2 Å². The number of nitrogen functional groups attached to an aromatic ring is 1. The van der Waals surface area contributed by atoms with Gasteiger partial charge in [-0.3, -0.25) is 0 Å². The molecule has 1 nitrogen and oxygen atoms in total. The van der Waals surface area contributed by atoms with Gasteiger partial charge in [0.15, 0.2) is 0 Å². The molecule has 0 aliphatic carbocycles. The first-order valence-corrected chi connectivity index (χ1v) is 5.60. The van der Waals surface area contributed by atoms with Gasteiger partial charge in [0.2, 0.25) is 0 Å². The van der Waals surface area contributed by atoms with Gasteiger partial charge in [0, 0.05) is 16.1 Å². The number of hydrogen-bond acceptors (Lipinski definition) is 2. The quantitative estimate of drug-likeness (QED) is 0.743. The zero-order chi connectivity index (χ0) is 10.1. The first-order chi connectivity index (χ1) is 6.68. The van der Waals surface area contributed by atoms with Crippen LogP contribution in [0.1, 0.15) is 0 Å². The Morgan fingerprint density at radius 3 is 2.64 bits per heavy atom. The summed E-state index contributed by atoms with van der Waals surface area (Å²) in [4.78, 5) is 1.07. The van der Waals surface area contributed by atoms with E-state index < -0.39 is 0 Å². The molecule has 0 amide bonds. The molecule has 4 heteroatoms. The number of rotatable bonds is 1. The normalized spacial score (nSPS) is 10.4. The lowest BCUT2D eigenvalue weighted by Gasteiger charge is -2.05. The standard InChI is InChI=1S/C10H7Cl2NS/c11-8-5-6(13)4-7(10(8)12)9-2-1-3-14-9/h1-5H,13H2. The third kappa shape index (κ3) is 1.73. The Labute approximate surface area is 96.1 Å². The summed E-state index contributed by atoms with van der Waals surface area (Å²) in [5.74, 6) is 0. The SMILES string of the molecule is Nc1cc(Cl)c(Cl)c(-c2cccs2)c1. The highest BCUT2D eigenvalue weighted by Gasteiger charge is 2.08. The van der Waals surface area contributed by atoms with E-state index in [-0.39, 0.29) is 0 Å². The molecule has 2 rings (SSSR count). The Morgan fingerprint density at radius 2 is 2.00 bits per heavy atom. The maximum atomic E-state index is 6.08. The number of halogens is 2. The Balaban J connectivity index is 2.64. The van der Waals surface area contributed by atoms with Crippen molar-refractivity contribution in [2.45, 2.75) is 0 Å². The lowest BCUT2D eigenvalue weighted by molar-refractivity contribution is 1.67. The first-order valence-electron chi connectivity index (χ1n) is 3.97. The van der Waals surface area contributed by atoms with Crippen molar-refractivity contribution in [1.29, 1.82) is 0 Å². The highest BCUT2D eigenvalue weighted by atomic mass is 35.5. The number of thiophene rings is 1. The lowest BCUT2D eigenvalue weighted by atomic mass is 10.1. The molecule has 1 heterocycles. The lowest BCUT2D eigenvalue weighted by Crippen LogP contribution is -1.86. The largest absolute Gasteiger partial charge is 0.399 e. The summed E-state index contributed by atoms with van der Waals surface area (Å²) in [6.07, 6.45) is 0. The Hall–Kier alpha value is -0.700. The van der Waals surface area contributed by atoms with Gasteiger partial charge in [0.25, 0.3) is 0 Å². The van der Waals surface area contributed by atoms with Crippen molar-refractivity contribution in [2.75, 3.05) is 5.73 Å². The van der Waals surface area contributed by atoms with Gasteiger partial charge in [-0.05, 0) is 23.6 Å². The van der Waals surface area contributed by atoms with Crippen molar-refractivity contribution in [3.8, 4) is 10.4 Å². The fourth-order valence-electron chi connectivity index (χ4n) is 1.22. The van der Waals surface area contributed by atoms with Crippen molar-refractivity contribution < 1.29 is 0 Å². The molecule has 2 N–H and O–H groups in total. The van der Waals surface area contributed by atoms with E-state index in [0.717, 1.165) is 10.4 Å². The predicted octanol–water partition coefficient (Wildman–Crippen LogP) is 4.30. The van der Waals surface area contributed by atoms with E-state index in [9.17, 15) is 0 Å². The molecule has 0 spiro atoms. The van der Waals surface area contributed by atoms with Crippen LogP contribution in [0.4, 0.5) is 5.69 Å². The Morgan fingerprint density at radius 1 is 1.21 bits per heavy atom. The van der Waals surface area contributed by atoms with Crippen LogP contribution in [-0.4, -0.2) is 0 Å². The van der Waals surface area contributed by atoms with E-state index >= 15 is 0 Å². The van der Waals surface area contributed by atoms with E-state index in [2.05, 4.69) is 0 Å². The van der Waals surface area contributed by atoms with Gasteiger partial charge in [0.1, 0.15) is 0 Å². The van der Waals surface area contributed by atoms with E-state index in [1.165, 1.54) is 0 Å². The average Bonchev–Trinajstić information content (AvgIpc) is 2.63. The van der Waals surface area contributed by atoms with E-state index in [1.807, 2.05) is 23.6 Å². The van der Waals surface area contributed by atoms with Gasteiger partial charge in [-0.15, -0.1) is 11.3 Å². The number of hydrogen-bond donors (Lipinski definition) is 1. The van der Waals surface area contributed by atoms with Crippen molar-refractivity contribution in [3.63, 3.8) is 0 Å². The van der Waals surface area contributed by atoms with Gasteiger partial charge < -0.3 is 5.73 Å². The summed E-state index contributed by atoms with van der Waals surface area (Å²) >= 11 is 13.6. The second-order valence-corrected chi connectivity index (χ2v) is 4.57. The molecular formula is C10H7Cl2NS. The molecule has 14 heavy (non-hydrogen) atoms. The summed E-state index contributed by atoms with van der Waals surface area (Å²) in [6.45, 7) is 0. The van der Waals surface area contributed by atoms with Crippen LogP contribution >= 0.6 is 34.5 Å². The van der Waals surface area contributed by atoms with Gasteiger partial charge in [-0.1, -0.05) is 29.3 Å². The van der Waals surface area contributed by atoms with Crippen LogP contribution in [0.2, 0.25) is 10.0 Å². The van der Waals surface area contributed by atoms with Crippen LogP contribution in [-0.2, 0) is 0 Å². The molecule has 0 saturated carbocycles. The van der Waals surface area contributed by atoms with Crippen LogP contribution < -0.4 is 5.73 Å². The van der Waals surface area contributed by atoms with Crippen LogP contribution in [0, 0.1) is 0 Å². The van der Waals surface area contributed by atoms with Crippen LogP contribution in [0.3, 0.4) is 0 Å². The molecule has 0 saturated heterocycles. The molecule has 0 bridgehead atoms. The zero-order valence-electron chi connectivity index (χ0n) is 7.13. The molecule has 2 aromatic rings. The smallest absolute Gasteiger partial charge is 0.0680 e. The fourth-order valence-corrected chi connectivity index (χ4v) is 2.46. The number of nitrogens with two attached hydrogens (primary N) is 1. The summed E-state index contributed by atoms with van der Waals surface area (Å²) in [7, 11) is 0. The summed E-state index contributed by atoms with van der Waals surface area (Å²) in [6, 6.07) is 7.44. The maximum Gasteiger partial charge on any atom is 0.0680 e. The Kier molecular flexibility index (Phi) is 2.68. The third-order valence-corrected chi connectivity index (χ3v) is 3.54. The molecule has 0 unspecified atom stereocenters. The van der Waals surface area contributed by atoms with Crippen molar-refractivity contribution in [3.05, 3.63) is 39.7 Å². The minimum Gasteiger partial charge on any atom is -0.399 e. The van der Waals surface area contributed by atoms with E-state index in [0.29, 0.717) is 15.7 Å². The third-order valence-electron chi connectivity index (χ3n) is 1.84. The zero-order valence-corrected chi connectivity index (χ0v) is 9.46. The molecule has 1 aromatic heterocycles. The minimum absolute atomic E-state index is 0.495. The maximum absolute atomic E-state index is 6.08. The molecule has 0 aliphatic rings. The molecule has 0 atom stereocenters. The molecule has 0 radical (unpaired) electrons. The average molecular weight is 244 g/mol. The molecule has 0 fully saturated rings. The van der Waals surface area contributed by atoms with Gasteiger partial charge in [-0.2, -0.15) is 0 Å². The molecular weight excluding hydrogens is 237 g/mol. The second-order valence-electron chi connectivity index (χ2n) is 2.84. The second kappa shape index (κ2) is 3.81. The predicted molar refractivity (Wildman–Crippen MR) is 64.2 cm³/mol. The van der Waals surface area contributed by atoms with Crippen molar-refractivity contribution in [1.82, 2.24) is 0 Å². The fraction of sp³-hybridized carbons (Fsp3) is 0. The molecule has 1 aromatic carbocycles. The van der Waals surface area contributed by atoms with E-state index in [1.54, 1.807) is 17.4 Å². The van der Waals surface area contributed by atoms with Crippen LogP contribution in [0.25, 0.3) is 10.4 Å². The highest BCUT2D eigenvalue weighted by molar-refractivity contribution is 7.13. The summed E-state index contributed by atoms with van der Waals surface area (Å²) < 4.78 is 0. The van der Waals surface area contributed by atoms with Gasteiger partial charge in [0.05, 0.1) is 10.0 Å². The van der Waals surface area contributed by atoms with Crippen LogP contribution in [0.5, 0.6) is 0 Å². The minimum atomic E-state index is 0.495. The number of anilines is 1. The number of benzene rings is 1. The summed E-state index contributed by atoms with van der Waals surface area (Å²) in [5.41, 5.74) is 7.22. The van der Waals surface area contributed by atoms with Gasteiger partial charge in [-0.25, -0.2) is 0 Å². The molecule has 0 aliphatic heterocycles. The summed E-state index contributed by atoms with van der Waals surface area (Å²) in [5, 5.41) is 3.04. The molecule has 72 valence electrons. The van der Waals surface area contributed by atoms with E-state index in [4.69, 9.17) is 28.9 Å². The monoisotopic (exact) mass is 243 g/mol.